The van der Waals surface area contributed by atoms with E-state index in [4.69, 9.17) is 0 Å². The van der Waals surface area contributed by atoms with Gasteiger partial charge in [0.1, 0.15) is 11.6 Å². The van der Waals surface area contributed by atoms with Crippen molar-refractivity contribution in [3.05, 3.63) is 77.5 Å². The number of anilines is 1. The molecule has 1 amide bonds. The fourth-order valence-electron chi connectivity index (χ4n) is 2.55. The first-order valence-corrected chi connectivity index (χ1v) is 8.75. The first-order valence-electron chi connectivity index (χ1n) is 8.75. The number of nitrogens with one attached hydrogen (secondary N) is 1. The van der Waals surface area contributed by atoms with E-state index in [1.807, 2.05) is 50.2 Å². The summed E-state index contributed by atoms with van der Waals surface area (Å²) in [4.78, 5) is 26.0. The summed E-state index contributed by atoms with van der Waals surface area (Å²) in [6, 6.07) is 18.5. The van der Waals surface area contributed by atoms with Crippen LogP contribution in [0.1, 0.15) is 36.7 Å². The Bertz CT molecular complexity index is 880. The third-order valence-corrected chi connectivity index (χ3v) is 4.08. The second kappa shape index (κ2) is 9.35. The van der Waals surface area contributed by atoms with Gasteiger partial charge in [-0.2, -0.15) is 5.26 Å². The van der Waals surface area contributed by atoms with E-state index in [1.54, 1.807) is 29.2 Å². The summed E-state index contributed by atoms with van der Waals surface area (Å²) < 4.78 is 0. The van der Waals surface area contributed by atoms with E-state index < -0.39 is 0 Å². The van der Waals surface area contributed by atoms with Crippen LogP contribution >= 0.6 is 0 Å². The Labute approximate surface area is 159 Å². The molecule has 0 aliphatic heterocycles. The van der Waals surface area contributed by atoms with Crippen LogP contribution in [0.25, 0.3) is 0 Å². The number of ketones is 1. The zero-order valence-electron chi connectivity index (χ0n) is 15.8. The van der Waals surface area contributed by atoms with Gasteiger partial charge in [0, 0.05) is 30.0 Å². The van der Waals surface area contributed by atoms with Crippen LogP contribution in [-0.2, 0) is 11.3 Å². The number of hydrogen-bond donors (Lipinski definition) is 1. The molecule has 0 spiro atoms. The molecule has 0 saturated carbocycles. The molecule has 0 bridgehead atoms. The Morgan fingerprint density at radius 1 is 1.15 bits per heavy atom. The zero-order chi connectivity index (χ0) is 19.8. The molecule has 0 unspecified atom stereocenters. The molecule has 138 valence electrons. The maximum absolute atomic E-state index is 12.9. The van der Waals surface area contributed by atoms with Gasteiger partial charge in [-0.25, -0.2) is 0 Å². The van der Waals surface area contributed by atoms with Crippen LogP contribution in [0.15, 0.2) is 66.4 Å². The number of carbonyl (C=O) groups is 2. The summed E-state index contributed by atoms with van der Waals surface area (Å²) in [5.41, 5.74) is 2.21. The molecule has 2 aromatic carbocycles. The van der Waals surface area contributed by atoms with E-state index in [1.165, 1.54) is 13.1 Å². The molecule has 0 aromatic heterocycles. The Morgan fingerprint density at radius 2 is 1.85 bits per heavy atom. The molecule has 0 aliphatic rings. The predicted molar refractivity (Wildman–Crippen MR) is 106 cm³/mol. The molecule has 0 heterocycles. The van der Waals surface area contributed by atoms with Crippen molar-refractivity contribution in [3.8, 4) is 6.07 Å². The van der Waals surface area contributed by atoms with E-state index in [2.05, 4.69) is 5.32 Å². The lowest BCUT2D eigenvalue weighted by atomic mass is 10.1. The molecule has 2 rings (SSSR count). The Hall–Kier alpha value is -3.39. The summed E-state index contributed by atoms with van der Waals surface area (Å²) >= 11 is 0. The van der Waals surface area contributed by atoms with E-state index in [0.29, 0.717) is 17.8 Å². The van der Waals surface area contributed by atoms with E-state index in [-0.39, 0.29) is 23.3 Å². The number of rotatable bonds is 7. The van der Waals surface area contributed by atoms with Gasteiger partial charge in [-0.15, -0.1) is 0 Å². The highest BCUT2D eigenvalue weighted by Crippen LogP contribution is 2.15. The van der Waals surface area contributed by atoms with Gasteiger partial charge < -0.3 is 10.2 Å². The van der Waals surface area contributed by atoms with Crippen molar-refractivity contribution in [3.63, 3.8) is 0 Å². The quantitative estimate of drug-likeness (QED) is 0.457. The van der Waals surface area contributed by atoms with Crippen molar-refractivity contribution in [1.82, 2.24) is 4.90 Å². The van der Waals surface area contributed by atoms with Gasteiger partial charge in [-0.3, -0.25) is 9.59 Å². The van der Waals surface area contributed by atoms with Crippen LogP contribution in [0, 0.1) is 11.3 Å². The van der Waals surface area contributed by atoms with Gasteiger partial charge in [-0.05, 0) is 38.5 Å². The second-order valence-corrected chi connectivity index (χ2v) is 6.46. The molecule has 5 heteroatoms. The number of amides is 1. The number of nitrogens with zero attached hydrogens (tertiary/aromatic N) is 2. The molecule has 0 atom stereocenters. The lowest BCUT2D eigenvalue weighted by Gasteiger charge is -2.26. The minimum atomic E-state index is -0.341. The molecule has 0 aliphatic carbocycles. The van der Waals surface area contributed by atoms with E-state index in [0.717, 1.165) is 5.56 Å². The first kappa shape index (κ1) is 19.9. The Balaban J connectivity index is 2.19. The number of carbonyl (C=O) groups excluding carboxylic acids is 2. The van der Waals surface area contributed by atoms with Crippen LogP contribution in [0.3, 0.4) is 0 Å². The molecule has 0 saturated heterocycles. The first-order chi connectivity index (χ1) is 12.9. The Morgan fingerprint density at radius 3 is 2.44 bits per heavy atom. The zero-order valence-corrected chi connectivity index (χ0v) is 15.8. The molecule has 0 fully saturated rings. The Kier molecular flexibility index (Phi) is 6.90. The molecule has 2 aromatic rings. The average Bonchev–Trinajstić information content (AvgIpc) is 2.67. The SMILES string of the molecule is CC(=O)c1cccc(N/C=C(/C#N)C(=O)N(Cc2ccccc2)C(C)C)c1. The number of Topliss-reactive ketones (excluding diaryl/α,β-unsaturated/α-hetero) is 1. The van der Waals surface area contributed by atoms with Crippen molar-refractivity contribution >= 4 is 17.4 Å². The van der Waals surface area contributed by atoms with Crippen molar-refractivity contribution < 1.29 is 9.59 Å². The fourth-order valence-corrected chi connectivity index (χ4v) is 2.55. The molecule has 27 heavy (non-hydrogen) atoms. The van der Waals surface area contributed by atoms with Gasteiger partial charge in [0.2, 0.25) is 0 Å². The molecular weight excluding hydrogens is 338 g/mol. The molecule has 0 radical (unpaired) electrons. The minimum Gasteiger partial charge on any atom is -0.360 e. The number of nitriles is 1. The topological polar surface area (TPSA) is 73.2 Å². The lowest BCUT2D eigenvalue weighted by molar-refractivity contribution is -0.129. The monoisotopic (exact) mass is 361 g/mol. The van der Waals surface area contributed by atoms with Crippen molar-refractivity contribution in [2.75, 3.05) is 5.32 Å². The highest BCUT2D eigenvalue weighted by atomic mass is 16.2. The lowest BCUT2D eigenvalue weighted by Crippen LogP contribution is -2.37. The summed E-state index contributed by atoms with van der Waals surface area (Å²) in [5, 5.41) is 12.4. The number of hydrogen-bond acceptors (Lipinski definition) is 4. The molecule has 1 N–H and O–H groups in total. The van der Waals surface area contributed by atoms with Crippen molar-refractivity contribution in [1.29, 1.82) is 5.26 Å². The van der Waals surface area contributed by atoms with Crippen LogP contribution < -0.4 is 5.32 Å². The largest absolute Gasteiger partial charge is 0.360 e. The summed E-state index contributed by atoms with van der Waals surface area (Å²) in [6.45, 7) is 5.75. The summed E-state index contributed by atoms with van der Waals surface area (Å²) in [7, 11) is 0. The van der Waals surface area contributed by atoms with Gasteiger partial charge in [0.25, 0.3) is 5.91 Å². The minimum absolute atomic E-state index is 0.00728. The maximum Gasteiger partial charge on any atom is 0.266 e. The third kappa shape index (κ3) is 5.55. The summed E-state index contributed by atoms with van der Waals surface area (Å²) in [6.07, 6.45) is 1.39. The third-order valence-electron chi connectivity index (χ3n) is 4.08. The summed E-state index contributed by atoms with van der Waals surface area (Å²) in [5.74, 6) is -0.389. The van der Waals surface area contributed by atoms with Crippen LogP contribution in [0.2, 0.25) is 0 Å². The maximum atomic E-state index is 12.9. The van der Waals surface area contributed by atoms with Crippen LogP contribution in [-0.4, -0.2) is 22.6 Å². The second-order valence-electron chi connectivity index (χ2n) is 6.46. The fraction of sp³-hybridized carbons (Fsp3) is 0.227. The predicted octanol–water partition coefficient (Wildman–Crippen LogP) is 4.15. The molecule has 5 nitrogen and oxygen atoms in total. The van der Waals surface area contributed by atoms with Gasteiger partial charge >= 0.3 is 0 Å². The average molecular weight is 361 g/mol. The standard InChI is InChI=1S/C22H23N3O2/c1-16(2)25(15-18-8-5-4-6-9-18)22(27)20(13-23)14-24-21-11-7-10-19(12-21)17(3)26/h4-12,14,16,24H,15H2,1-3H3/b20-14-. The van der Waals surface area contributed by atoms with Crippen molar-refractivity contribution in [2.24, 2.45) is 0 Å². The van der Waals surface area contributed by atoms with E-state index >= 15 is 0 Å². The highest BCUT2D eigenvalue weighted by Gasteiger charge is 2.21. The van der Waals surface area contributed by atoms with Crippen LogP contribution in [0.5, 0.6) is 0 Å². The van der Waals surface area contributed by atoms with Crippen molar-refractivity contribution in [2.45, 2.75) is 33.4 Å². The van der Waals surface area contributed by atoms with Gasteiger partial charge in [0.15, 0.2) is 5.78 Å². The van der Waals surface area contributed by atoms with Crippen LogP contribution in [0.4, 0.5) is 5.69 Å². The van der Waals surface area contributed by atoms with Gasteiger partial charge in [-0.1, -0.05) is 42.5 Å². The van der Waals surface area contributed by atoms with Gasteiger partial charge in [0.05, 0.1) is 0 Å². The molecular formula is C22H23N3O2. The van der Waals surface area contributed by atoms with E-state index in [9.17, 15) is 14.9 Å². The smallest absolute Gasteiger partial charge is 0.266 e. The normalized spacial score (nSPS) is 11.0. The highest BCUT2D eigenvalue weighted by molar-refractivity contribution is 5.98. The number of benzene rings is 2.